The molecule has 35 heavy (non-hydrogen) atoms. The fourth-order valence-corrected chi connectivity index (χ4v) is 4.73. The second kappa shape index (κ2) is 7.91. The van der Waals surface area contributed by atoms with E-state index < -0.39 is 17.3 Å². The Labute approximate surface area is 201 Å². The van der Waals surface area contributed by atoms with Gasteiger partial charge in [-0.25, -0.2) is 4.98 Å². The van der Waals surface area contributed by atoms with Crippen LogP contribution < -0.4 is 5.73 Å². The molecule has 1 fully saturated rings. The molecular formula is C26H27F3N4O2. The standard InChI is InChI=1S/C26H27F3N4O2/c1-24(2)21-19(13-35-24)18-10-15(4-7-20(18)32-22(21)30)23(34)33(14-25(3)8-9-25)12-17-6-5-16(11-31-17)26(27,28)29/h4-7,10-11H,8-9,12-14H2,1-3H3,(H2,30,32). The summed E-state index contributed by atoms with van der Waals surface area (Å²) in [6, 6.07) is 7.64. The van der Waals surface area contributed by atoms with E-state index in [0.717, 1.165) is 41.6 Å². The zero-order valence-corrected chi connectivity index (χ0v) is 19.9. The molecule has 2 aliphatic rings. The number of aromatic nitrogens is 2. The average molecular weight is 485 g/mol. The van der Waals surface area contributed by atoms with Crippen LogP contribution >= 0.6 is 0 Å². The number of carbonyl (C=O) groups excluding carboxylic acids is 1. The smallest absolute Gasteiger partial charge is 0.383 e. The Morgan fingerprint density at radius 1 is 1.17 bits per heavy atom. The second-order valence-electron chi connectivity index (χ2n) is 10.4. The van der Waals surface area contributed by atoms with Gasteiger partial charge in [-0.2, -0.15) is 13.2 Å². The van der Waals surface area contributed by atoms with Gasteiger partial charge in [0.15, 0.2) is 0 Å². The molecule has 3 heterocycles. The highest BCUT2D eigenvalue weighted by Crippen LogP contribution is 2.46. The van der Waals surface area contributed by atoms with Gasteiger partial charge in [0.1, 0.15) is 5.82 Å². The van der Waals surface area contributed by atoms with E-state index in [2.05, 4.69) is 16.9 Å². The van der Waals surface area contributed by atoms with Crippen molar-refractivity contribution in [3.05, 3.63) is 64.5 Å². The number of benzene rings is 1. The molecule has 3 aromatic rings. The van der Waals surface area contributed by atoms with Crippen LogP contribution in [-0.2, 0) is 29.7 Å². The number of nitrogens with zero attached hydrogens (tertiary/aromatic N) is 3. The Kier molecular flexibility index (Phi) is 5.32. The summed E-state index contributed by atoms with van der Waals surface area (Å²) in [5, 5.41) is 0.816. The third-order valence-corrected chi connectivity index (χ3v) is 7.02. The lowest BCUT2D eigenvalue weighted by Gasteiger charge is -2.26. The number of anilines is 1. The number of fused-ring (bicyclic) bond motifs is 3. The van der Waals surface area contributed by atoms with Gasteiger partial charge in [0, 0.05) is 29.3 Å². The van der Waals surface area contributed by atoms with Crippen molar-refractivity contribution in [1.29, 1.82) is 0 Å². The van der Waals surface area contributed by atoms with Gasteiger partial charge in [-0.1, -0.05) is 6.92 Å². The molecular weight excluding hydrogens is 457 g/mol. The van der Waals surface area contributed by atoms with Crippen molar-refractivity contribution in [2.45, 2.75) is 58.5 Å². The van der Waals surface area contributed by atoms with Crippen LogP contribution in [0, 0.1) is 5.41 Å². The van der Waals surface area contributed by atoms with E-state index in [4.69, 9.17) is 10.5 Å². The number of nitrogen functional groups attached to an aromatic ring is 1. The summed E-state index contributed by atoms with van der Waals surface area (Å²) in [6.07, 6.45) is -1.65. The number of hydrogen-bond donors (Lipinski definition) is 1. The number of pyridine rings is 2. The third-order valence-electron chi connectivity index (χ3n) is 7.02. The first-order chi connectivity index (χ1) is 16.4. The number of nitrogens with two attached hydrogens (primary N) is 1. The number of ether oxygens (including phenoxy) is 1. The van der Waals surface area contributed by atoms with E-state index in [-0.39, 0.29) is 17.9 Å². The van der Waals surface area contributed by atoms with Crippen LogP contribution in [0.15, 0.2) is 36.5 Å². The third kappa shape index (κ3) is 4.45. The Morgan fingerprint density at radius 2 is 1.91 bits per heavy atom. The summed E-state index contributed by atoms with van der Waals surface area (Å²) in [6.45, 7) is 6.98. The van der Waals surface area contributed by atoms with Crippen molar-refractivity contribution >= 4 is 22.6 Å². The van der Waals surface area contributed by atoms with Crippen LogP contribution in [0.1, 0.15) is 66.4 Å². The molecule has 0 saturated heterocycles. The minimum Gasteiger partial charge on any atom is -0.383 e. The first-order valence-electron chi connectivity index (χ1n) is 11.5. The Balaban J connectivity index is 1.48. The number of amides is 1. The predicted octanol–water partition coefficient (Wildman–Crippen LogP) is 5.44. The molecule has 2 N–H and O–H groups in total. The molecule has 0 unspecified atom stereocenters. The van der Waals surface area contributed by atoms with Crippen LogP contribution in [0.2, 0.25) is 0 Å². The summed E-state index contributed by atoms with van der Waals surface area (Å²) in [4.78, 5) is 23.8. The monoisotopic (exact) mass is 484 g/mol. The SMILES string of the molecule is CC1(CN(Cc2ccc(C(F)(F)F)cn2)C(=O)c2ccc3nc(N)c4c(c3c2)COC4(C)C)CC1. The number of hydrogen-bond acceptors (Lipinski definition) is 5. The van der Waals surface area contributed by atoms with Gasteiger partial charge in [-0.05, 0) is 68.0 Å². The molecule has 184 valence electrons. The average Bonchev–Trinajstić information content (AvgIpc) is 3.42. The van der Waals surface area contributed by atoms with Crippen LogP contribution in [0.25, 0.3) is 10.9 Å². The molecule has 0 spiro atoms. The molecule has 5 rings (SSSR count). The minimum atomic E-state index is -4.45. The normalized spacial score (nSPS) is 17.9. The molecule has 9 heteroatoms. The first-order valence-corrected chi connectivity index (χ1v) is 11.5. The van der Waals surface area contributed by atoms with Gasteiger partial charge < -0.3 is 15.4 Å². The predicted molar refractivity (Wildman–Crippen MR) is 125 cm³/mol. The van der Waals surface area contributed by atoms with Crippen molar-refractivity contribution in [1.82, 2.24) is 14.9 Å². The summed E-state index contributed by atoms with van der Waals surface area (Å²) in [7, 11) is 0. The van der Waals surface area contributed by atoms with E-state index in [1.54, 1.807) is 17.0 Å². The fraction of sp³-hybridized carbons (Fsp3) is 0.423. The number of rotatable bonds is 5. The maximum atomic E-state index is 13.7. The van der Waals surface area contributed by atoms with E-state index in [0.29, 0.717) is 35.7 Å². The lowest BCUT2D eigenvalue weighted by molar-refractivity contribution is -0.137. The van der Waals surface area contributed by atoms with E-state index in [1.165, 1.54) is 6.07 Å². The molecule has 2 aromatic heterocycles. The zero-order valence-electron chi connectivity index (χ0n) is 19.9. The molecule has 0 atom stereocenters. The summed E-state index contributed by atoms with van der Waals surface area (Å²) >= 11 is 0. The number of halogens is 3. The van der Waals surface area contributed by atoms with Gasteiger partial charge in [-0.3, -0.25) is 9.78 Å². The van der Waals surface area contributed by atoms with Crippen LogP contribution in [0.3, 0.4) is 0 Å². The van der Waals surface area contributed by atoms with Crippen molar-refractivity contribution in [3.8, 4) is 0 Å². The van der Waals surface area contributed by atoms with Crippen molar-refractivity contribution in [2.24, 2.45) is 5.41 Å². The Bertz CT molecular complexity index is 1310. The Hall–Kier alpha value is -3.20. The molecule has 1 aliphatic carbocycles. The lowest BCUT2D eigenvalue weighted by atomic mass is 9.93. The van der Waals surface area contributed by atoms with Crippen LogP contribution in [0.5, 0.6) is 0 Å². The highest BCUT2D eigenvalue weighted by Gasteiger charge is 2.40. The maximum absolute atomic E-state index is 13.7. The summed E-state index contributed by atoms with van der Waals surface area (Å²) in [5.74, 6) is 0.219. The number of carbonyl (C=O) groups is 1. The van der Waals surface area contributed by atoms with E-state index >= 15 is 0 Å². The van der Waals surface area contributed by atoms with Crippen molar-refractivity contribution in [2.75, 3.05) is 12.3 Å². The Morgan fingerprint density at radius 3 is 2.54 bits per heavy atom. The molecule has 1 amide bonds. The summed E-state index contributed by atoms with van der Waals surface area (Å²) < 4.78 is 44.7. The van der Waals surface area contributed by atoms with Gasteiger partial charge in [0.2, 0.25) is 0 Å². The largest absolute Gasteiger partial charge is 0.417 e. The zero-order chi connectivity index (χ0) is 25.2. The molecule has 1 aromatic carbocycles. The molecule has 1 aliphatic heterocycles. The van der Waals surface area contributed by atoms with Gasteiger partial charge in [0.05, 0.1) is 35.5 Å². The molecule has 0 radical (unpaired) electrons. The van der Waals surface area contributed by atoms with Crippen LogP contribution in [0.4, 0.5) is 19.0 Å². The maximum Gasteiger partial charge on any atom is 0.417 e. The lowest BCUT2D eigenvalue weighted by Crippen LogP contribution is -2.35. The minimum absolute atomic E-state index is 0.00748. The summed E-state index contributed by atoms with van der Waals surface area (Å²) in [5.41, 5.74) is 8.18. The second-order valence-corrected chi connectivity index (χ2v) is 10.4. The van der Waals surface area contributed by atoms with Crippen molar-refractivity contribution < 1.29 is 22.7 Å². The van der Waals surface area contributed by atoms with E-state index in [9.17, 15) is 18.0 Å². The quantitative estimate of drug-likeness (QED) is 0.522. The van der Waals surface area contributed by atoms with Gasteiger partial charge in [0.25, 0.3) is 5.91 Å². The van der Waals surface area contributed by atoms with Crippen LogP contribution in [-0.4, -0.2) is 27.3 Å². The first kappa shape index (κ1) is 23.5. The highest BCUT2D eigenvalue weighted by molar-refractivity contribution is 5.99. The van der Waals surface area contributed by atoms with E-state index in [1.807, 2.05) is 19.9 Å². The van der Waals surface area contributed by atoms with Gasteiger partial charge >= 0.3 is 6.18 Å². The molecule has 6 nitrogen and oxygen atoms in total. The molecule has 0 bridgehead atoms. The molecule has 1 saturated carbocycles. The topological polar surface area (TPSA) is 81.3 Å². The fourth-order valence-electron chi connectivity index (χ4n) is 4.73. The highest BCUT2D eigenvalue weighted by atomic mass is 19.4. The van der Waals surface area contributed by atoms with Crippen molar-refractivity contribution in [3.63, 3.8) is 0 Å². The number of alkyl halides is 3. The van der Waals surface area contributed by atoms with Gasteiger partial charge in [-0.15, -0.1) is 0 Å².